The summed E-state index contributed by atoms with van der Waals surface area (Å²) in [7, 11) is 1.75. The number of nitrogens with zero attached hydrogens (tertiary/aromatic N) is 5. The SMILES string of the molecule is CN=C(NCc1sc(C)nc1C)NCc1nnc2ccccn12.I. The Morgan fingerprint density at radius 2 is 2.00 bits per heavy atom. The van der Waals surface area contributed by atoms with Gasteiger partial charge in [-0.15, -0.1) is 45.5 Å². The molecule has 3 aromatic heterocycles. The van der Waals surface area contributed by atoms with Gasteiger partial charge < -0.3 is 10.6 Å². The van der Waals surface area contributed by atoms with Crippen LogP contribution in [-0.2, 0) is 13.1 Å². The number of rotatable bonds is 4. The van der Waals surface area contributed by atoms with E-state index < -0.39 is 0 Å². The van der Waals surface area contributed by atoms with Crippen molar-refractivity contribution in [2.45, 2.75) is 26.9 Å². The fraction of sp³-hybridized carbons (Fsp3) is 0.333. The van der Waals surface area contributed by atoms with Gasteiger partial charge in [0.05, 0.1) is 23.8 Å². The molecule has 0 aliphatic rings. The van der Waals surface area contributed by atoms with Gasteiger partial charge in [0.15, 0.2) is 17.4 Å². The standard InChI is InChI=1S/C15H19N7S.HI/c1-10-12(23-11(2)19-10)8-17-15(16-3)18-9-14-21-20-13-6-4-5-7-22(13)14;/h4-7H,8-9H2,1-3H3,(H2,16,17,18);1H. The number of fused-ring (bicyclic) bond motifs is 1. The molecule has 0 aliphatic heterocycles. The van der Waals surface area contributed by atoms with Gasteiger partial charge in [-0.25, -0.2) is 4.98 Å². The average molecular weight is 457 g/mol. The highest BCUT2D eigenvalue weighted by atomic mass is 127. The van der Waals surface area contributed by atoms with Gasteiger partial charge in [0.2, 0.25) is 0 Å². The number of aryl methyl sites for hydroxylation is 2. The van der Waals surface area contributed by atoms with Crippen molar-refractivity contribution in [3.8, 4) is 0 Å². The van der Waals surface area contributed by atoms with Crippen LogP contribution in [0.1, 0.15) is 21.4 Å². The van der Waals surface area contributed by atoms with Crippen molar-refractivity contribution in [1.82, 2.24) is 30.2 Å². The molecular weight excluding hydrogens is 437 g/mol. The van der Waals surface area contributed by atoms with E-state index in [1.807, 2.05) is 42.6 Å². The summed E-state index contributed by atoms with van der Waals surface area (Å²) in [5, 5.41) is 16.0. The van der Waals surface area contributed by atoms with E-state index in [-0.39, 0.29) is 24.0 Å². The molecule has 0 radical (unpaired) electrons. The summed E-state index contributed by atoms with van der Waals surface area (Å²) in [5.74, 6) is 1.57. The first kappa shape index (κ1) is 18.6. The molecule has 128 valence electrons. The highest BCUT2D eigenvalue weighted by Gasteiger charge is 2.08. The van der Waals surface area contributed by atoms with E-state index in [2.05, 4.69) is 30.8 Å². The second-order valence-electron chi connectivity index (χ2n) is 5.07. The van der Waals surface area contributed by atoms with Gasteiger partial charge in [-0.3, -0.25) is 9.39 Å². The Kier molecular flexibility index (Phi) is 6.49. The lowest BCUT2D eigenvalue weighted by Gasteiger charge is -2.10. The Labute approximate surface area is 161 Å². The average Bonchev–Trinajstić information content (AvgIpc) is 3.10. The van der Waals surface area contributed by atoms with Crippen LogP contribution in [-0.4, -0.2) is 32.6 Å². The summed E-state index contributed by atoms with van der Waals surface area (Å²) < 4.78 is 1.96. The number of hydrogen-bond donors (Lipinski definition) is 2. The van der Waals surface area contributed by atoms with E-state index in [1.54, 1.807) is 18.4 Å². The molecule has 24 heavy (non-hydrogen) atoms. The Balaban J connectivity index is 0.00000208. The molecule has 0 saturated heterocycles. The van der Waals surface area contributed by atoms with Gasteiger partial charge >= 0.3 is 0 Å². The minimum atomic E-state index is 0. The minimum Gasteiger partial charge on any atom is -0.351 e. The van der Waals surface area contributed by atoms with Crippen molar-refractivity contribution in [3.05, 3.63) is 45.8 Å². The normalized spacial score (nSPS) is 11.4. The molecule has 0 amide bonds. The lowest BCUT2D eigenvalue weighted by atomic mass is 10.4. The van der Waals surface area contributed by atoms with Crippen molar-refractivity contribution in [2.24, 2.45) is 4.99 Å². The quantitative estimate of drug-likeness (QED) is 0.357. The van der Waals surface area contributed by atoms with Gasteiger partial charge in [-0.1, -0.05) is 6.07 Å². The molecule has 3 heterocycles. The zero-order valence-electron chi connectivity index (χ0n) is 13.8. The fourth-order valence-corrected chi connectivity index (χ4v) is 3.17. The fourth-order valence-electron chi connectivity index (χ4n) is 2.30. The number of halogens is 1. The molecule has 0 aromatic carbocycles. The van der Waals surface area contributed by atoms with Crippen LogP contribution in [0, 0.1) is 13.8 Å². The molecule has 3 rings (SSSR count). The number of aliphatic imine (C=N–C) groups is 1. The molecule has 0 unspecified atom stereocenters. The summed E-state index contributed by atoms with van der Waals surface area (Å²) in [5.41, 5.74) is 1.90. The van der Waals surface area contributed by atoms with E-state index in [9.17, 15) is 0 Å². The molecule has 0 fully saturated rings. The summed E-state index contributed by atoms with van der Waals surface area (Å²) in [6.45, 7) is 5.30. The number of hydrogen-bond acceptors (Lipinski definition) is 5. The zero-order chi connectivity index (χ0) is 16.2. The Bertz CT molecular complexity index is 839. The van der Waals surface area contributed by atoms with E-state index in [0.717, 1.165) is 28.1 Å². The van der Waals surface area contributed by atoms with Crippen LogP contribution in [0.4, 0.5) is 0 Å². The maximum atomic E-state index is 4.43. The first-order valence-corrected chi connectivity index (χ1v) is 8.15. The van der Waals surface area contributed by atoms with Gasteiger partial charge in [-0.2, -0.15) is 0 Å². The van der Waals surface area contributed by atoms with Gasteiger partial charge in [-0.05, 0) is 26.0 Å². The van der Waals surface area contributed by atoms with Crippen LogP contribution in [0.15, 0.2) is 29.4 Å². The van der Waals surface area contributed by atoms with E-state index >= 15 is 0 Å². The zero-order valence-corrected chi connectivity index (χ0v) is 16.9. The Hall–Kier alpha value is -1.75. The summed E-state index contributed by atoms with van der Waals surface area (Å²) in [6.07, 6.45) is 1.95. The lowest BCUT2D eigenvalue weighted by Crippen LogP contribution is -2.36. The molecule has 0 aliphatic carbocycles. The molecule has 0 saturated carbocycles. The smallest absolute Gasteiger partial charge is 0.191 e. The summed E-state index contributed by atoms with van der Waals surface area (Å²) in [6, 6.07) is 5.83. The van der Waals surface area contributed by atoms with Gasteiger partial charge in [0, 0.05) is 18.1 Å². The van der Waals surface area contributed by atoms with Crippen molar-refractivity contribution in [3.63, 3.8) is 0 Å². The first-order chi connectivity index (χ1) is 11.2. The third kappa shape index (κ3) is 4.20. The number of nitrogens with one attached hydrogen (secondary N) is 2. The van der Waals surface area contributed by atoms with Crippen molar-refractivity contribution >= 4 is 46.9 Å². The van der Waals surface area contributed by atoms with Crippen molar-refractivity contribution in [1.29, 1.82) is 0 Å². The number of aromatic nitrogens is 4. The van der Waals surface area contributed by atoms with Crippen LogP contribution in [0.3, 0.4) is 0 Å². The maximum absolute atomic E-state index is 4.43. The highest BCUT2D eigenvalue weighted by Crippen LogP contribution is 2.16. The van der Waals surface area contributed by atoms with Gasteiger partial charge in [0.1, 0.15) is 0 Å². The molecule has 7 nitrogen and oxygen atoms in total. The lowest BCUT2D eigenvalue weighted by molar-refractivity contribution is 0.764. The highest BCUT2D eigenvalue weighted by molar-refractivity contribution is 14.0. The number of pyridine rings is 1. The second kappa shape index (κ2) is 8.38. The maximum Gasteiger partial charge on any atom is 0.191 e. The van der Waals surface area contributed by atoms with E-state index in [4.69, 9.17) is 0 Å². The first-order valence-electron chi connectivity index (χ1n) is 7.33. The molecule has 3 aromatic rings. The minimum absolute atomic E-state index is 0. The van der Waals surface area contributed by atoms with E-state index in [0.29, 0.717) is 13.1 Å². The third-order valence-corrected chi connectivity index (χ3v) is 4.51. The third-order valence-electron chi connectivity index (χ3n) is 3.44. The monoisotopic (exact) mass is 457 g/mol. The Morgan fingerprint density at radius 1 is 1.21 bits per heavy atom. The number of thiazole rings is 1. The van der Waals surface area contributed by atoms with E-state index in [1.165, 1.54) is 4.88 Å². The number of guanidine groups is 1. The van der Waals surface area contributed by atoms with Crippen LogP contribution < -0.4 is 10.6 Å². The predicted octanol–water partition coefficient (Wildman–Crippen LogP) is 2.29. The largest absolute Gasteiger partial charge is 0.351 e. The van der Waals surface area contributed by atoms with Crippen LogP contribution in [0.25, 0.3) is 5.65 Å². The molecule has 0 spiro atoms. The molecule has 0 bridgehead atoms. The van der Waals surface area contributed by atoms with Crippen molar-refractivity contribution in [2.75, 3.05) is 7.05 Å². The topological polar surface area (TPSA) is 79.5 Å². The van der Waals surface area contributed by atoms with Gasteiger partial charge in [0.25, 0.3) is 0 Å². The molecule has 9 heteroatoms. The van der Waals surface area contributed by atoms with Crippen LogP contribution in [0.5, 0.6) is 0 Å². The molecule has 0 atom stereocenters. The predicted molar refractivity (Wildman–Crippen MR) is 107 cm³/mol. The molecule has 2 N–H and O–H groups in total. The molecular formula is C15H20IN7S. The Morgan fingerprint density at radius 3 is 2.71 bits per heavy atom. The second-order valence-corrected chi connectivity index (χ2v) is 6.35. The summed E-state index contributed by atoms with van der Waals surface area (Å²) >= 11 is 1.70. The van der Waals surface area contributed by atoms with Crippen LogP contribution >= 0.6 is 35.3 Å². The van der Waals surface area contributed by atoms with Crippen molar-refractivity contribution < 1.29 is 0 Å². The van der Waals surface area contributed by atoms with Crippen LogP contribution in [0.2, 0.25) is 0 Å². The summed E-state index contributed by atoms with van der Waals surface area (Å²) in [4.78, 5) is 9.89.